The minimum atomic E-state index is -2.24. The van der Waals surface area contributed by atoms with Crippen LogP contribution in [0.15, 0.2) is 11.6 Å². The summed E-state index contributed by atoms with van der Waals surface area (Å²) in [5.41, 5.74) is -5.53. The maximum absolute atomic E-state index is 15.7. The molecule has 0 aromatic carbocycles. The highest BCUT2D eigenvalue weighted by Gasteiger charge is 2.72. The zero-order chi connectivity index (χ0) is 73.3. The van der Waals surface area contributed by atoms with E-state index in [-0.39, 0.29) is 23.7 Å². The van der Waals surface area contributed by atoms with Gasteiger partial charge in [-0.25, -0.2) is 0 Å². The van der Waals surface area contributed by atoms with Crippen LogP contribution in [-0.2, 0) is 71.1 Å². The summed E-state index contributed by atoms with van der Waals surface area (Å²) in [5.74, 6) is -1.50. The number of hydrogen-bond acceptors (Lipinski definition) is 34. The van der Waals surface area contributed by atoms with Gasteiger partial charge < -0.3 is 163 Å². The standard InChI is InChI=1S/C67H108O34/c1-26-46(95-55-43(82)47(33(75)22-90-55)96-53-41(80)37(76)30(72)19-88-53)49(98-59-51(85)67(87,24-70)25-92-59)45(84)56(93-26)99-50-39(78)32(74)21-91-58(50)101-60(86)66-14-12-61(2,3)16-28(66)27-8-9-36-62(4)17-29(71)52(63(5,23-69)35(62)10-11-65(36,7)64(27,6)13-15-66)100-57-44(83)48(40(79)34(18-68)94-57)97-54-42(81)38(77)31(73)20-89-54/h8,26,28-59,68-85,87H,9-25H2,1-7H3/t26-,28?,29-,30+,31+,32-,33+,34+,35?,36?,37-,38-,39-,40+,41+,42+,43+,44+,45+,46-,47-,48-,49-,50+,51-,52-,53-,54-,55-,56-,57-,58-,59-,62-,63-,64+,65+,66-,67+/m0/s1. The molecule has 12 aliphatic rings. The van der Waals surface area contributed by atoms with E-state index in [1.165, 1.54) is 6.92 Å². The van der Waals surface area contributed by atoms with Gasteiger partial charge in [-0.1, -0.05) is 53.2 Å². The Morgan fingerprint density at radius 2 is 1.03 bits per heavy atom. The first-order valence-electron chi connectivity index (χ1n) is 35.5. The highest BCUT2D eigenvalue weighted by molar-refractivity contribution is 5.79. The Balaban J connectivity index is 0.771. The molecule has 0 aromatic rings. The van der Waals surface area contributed by atoms with Crippen LogP contribution in [0.1, 0.15) is 106 Å². The maximum atomic E-state index is 15.7. The first-order chi connectivity index (χ1) is 47.5. The molecule has 0 amide bonds. The Morgan fingerprint density at radius 1 is 0.495 bits per heavy atom. The molecule has 0 bridgehead atoms. The van der Waals surface area contributed by atoms with Crippen LogP contribution in [0.4, 0.5) is 0 Å². The Bertz CT molecular complexity index is 2880. The SMILES string of the molecule is C[C@@H]1O[C@@H](O[C@H]2[C@H](OC(=O)[C@]34CCC(C)(C)CC3C3=CCC5[C@@]6(C)C[C@H](O)[C@H](O[C@@H]7O[C@H](CO)[C@@H](O)[C@H](O[C@@H]8OC[C@@H](O)[C@H](O)[C@H]8O)[C@H]7O)[C@@](C)(CO)C6CC[C@@]5(C)[C@]3(C)CC4)OC[C@H](O)[C@@H]2O)[C@H](O)[C@H](O[C@@H]2OC[C@](O)(CO)[C@H]2O)[C@H]1O[C@@H]1OC[C@@H](O)[C@H](O[C@@H]2OC[C@@H](O)[C@H](O)[C@H]2O)[C@H]1O. The summed E-state index contributed by atoms with van der Waals surface area (Å²) >= 11 is 0. The smallest absolute Gasteiger partial charge is 0.315 e. The number of aliphatic hydroxyl groups is 19. The van der Waals surface area contributed by atoms with E-state index in [1.54, 1.807) is 0 Å². The molecule has 580 valence electrons. The first-order valence-corrected chi connectivity index (χ1v) is 35.5. The fourth-order valence-corrected chi connectivity index (χ4v) is 19.7. The second-order valence-corrected chi connectivity index (χ2v) is 32.6. The number of aliphatic hydroxyl groups excluding tert-OH is 18. The van der Waals surface area contributed by atoms with Crippen molar-refractivity contribution in [2.75, 3.05) is 52.9 Å². The Morgan fingerprint density at radius 3 is 1.64 bits per heavy atom. The number of allylic oxidation sites excluding steroid dienone is 2. The number of rotatable bonds is 17. The minimum absolute atomic E-state index is 0.119. The van der Waals surface area contributed by atoms with Crippen molar-refractivity contribution in [3.05, 3.63) is 11.6 Å². The molecule has 0 aromatic heterocycles. The van der Waals surface area contributed by atoms with Gasteiger partial charge in [-0.3, -0.25) is 4.79 Å². The molecule has 34 nitrogen and oxygen atoms in total. The number of fused-ring (bicyclic) bond motifs is 7. The fraction of sp³-hybridized carbons (Fsp3) is 0.955. The number of esters is 1. The third-order valence-electron chi connectivity index (χ3n) is 26.0. The maximum Gasteiger partial charge on any atom is 0.315 e. The average Bonchev–Trinajstić information content (AvgIpc) is 0.934. The Hall–Kier alpha value is -2.07. The largest absolute Gasteiger partial charge is 0.432 e. The first kappa shape index (κ1) is 78.5. The van der Waals surface area contributed by atoms with Crippen LogP contribution in [0.25, 0.3) is 0 Å². The van der Waals surface area contributed by atoms with Gasteiger partial charge in [0.15, 0.2) is 43.8 Å². The Kier molecular flexibility index (Phi) is 22.8. The van der Waals surface area contributed by atoms with E-state index in [4.69, 9.17) is 66.3 Å². The molecule has 0 spiro atoms. The normalized spacial score (nSPS) is 55.3. The van der Waals surface area contributed by atoms with Crippen molar-refractivity contribution in [2.45, 2.75) is 296 Å². The molecule has 12 rings (SSSR count). The summed E-state index contributed by atoms with van der Waals surface area (Å²) in [7, 11) is 0. The van der Waals surface area contributed by atoms with E-state index in [0.29, 0.717) is 51.4 Å². The third kappa shape index (κ3) is 13.5. The van der Waals surface area contributed by atoms with Gasteiger partial charge in [0, 0.05) is 5.41 Å². The van der Waals surface area contributed by atoms with Crippen molar-refractivity contribution in [2.24, 2.45) is 50.2 Å². The third-order valence-corrected chi connectivity index (χ3v) is 26.0. The Labute approximate surface area is 583 Å². The van der Waals surface area contributed by atoms with Gasteiger partial charge in [0.05, 0.1) is 76.6 Å². The molecule has 34 heteroatoms. The highest BCUT2D eigenvalue weighted by atomic mass is 16.8. The van der Waals surface area contributed by atoms with Crippen LogP contribution in [0.2, 0.25) is 0 Å². The summed E-state index contributed by atoms with van der Waals surface area (Å²) < 4.78 is 83.5. The molecule has 4 saturated carbocycles. The monoisotopic (exact) mass is 1460 g/mol. The van der Waals surface area contributed by atoms with Crippen molar-refractivity contribution in [1.29, 1.82) is 0 Å². The lowest BCUT2D eigenvalue weighted by molar-refractivity contribution is -0.385. The molecular weight excluding hydrogens is 1350 g/mol. The second-order valence-electron chi connectivity index (χ2n) is 32.6. The van der Waals surface area contributed by atoms with Crippen molar-refractivity contribution in [1.82, 2.24) is 0 Å². The fourth-order valence-electron chi connectivity index (χ4n) is 19.7. The summed E-state index contributed by atoms with van der Waals surface area (Å²) in [5, 5.41) is 210. The number of hydrogen-bond donors (Lipinski definition) is 19. The summed E-state index contributed by atoms with van der Waals surface area (Å²) in [6, 6.07) is 0. The molecule has 101 heavy (non-hydrogen) atoms. The van der Waals surface area contributed by atoms with Crippen molar-refractivity contribution < 1.29 is 168 Å². The summed E-state index contributed by atoms with van der Waals surface area (Å²) in [6.07, 6.45) is -43.7. The average molecular weight is 1460 g/mol. The molecule has 11 fully saturated rings. The number of ether oxygens (including phenoxy) is 14. The molecule has 19 N–H and O–H groups in total. The van der Waals surface area contributed by atoms with E-state index >= 15 is 4.79 Å². The van der Waals surface area contributed by atoms with Gasteiger partial charge in [0.2, 0.25) is 6.29 Å². The van der Waals surface area contributed by atoms with Crippen LogP contribution >= 0.6 is 0 Å². The van der Waals surface area contributed by atoms with Crippen LogP contribution in [0.3, 0.4) is 0 Å². The molecule has 7 aliphatic heterocycles. The molecule has 7 heterocycles. The molecule has 39 atom stereocenters. The second kappa shape index (κ2) is 29.4. The van der Waals surface area contributed by atoms with Crippen LogP contribution in [-0.4, -0.2) is 346 Å². The summed E-state index contributed by atoms with van der Waals surface area (Å²) in [4.78, 5) is 15.7. The van der Waals surface area contributed by atoms with Crippen molar-refractivity contribution in [3.63, 3.8) is 0 Å². The van der Waals surface area contributed by atoms with E-state index in [9.17, 15) is 97.0 Å². The molecular formula is C67H108O34. The summed E-state index contributed by atoms with van der Waals surface area (Å²) in [6.45, 7) is 9.32. The van der Waals surface area contributed by atoms with Gasteiger partial charge in [0.1, 0.15) is 122 Å². The van der Waals surface area contributed by atoms with Gasteiger partial charge >= 0.3 is 5.97 Å². The van der Waals surface area contributed by atoms with E-state index in [2.05, 4.69) is 40.7 Å². The quantitative estimate of drug-likeness (QED) is 0.0366. The zero-order valence-electron chi connectivity index (χ0n) is 57.8. The van der Waals surface area contributed by atoms with Crippen molar-refractivity contribution >= 4 is 5.97 Å². The van der Waals surface area contributed by atoms with Gasteiger partial charge in [-0.2, -0.15) is 0 Å². The van der Waals surface area contributed by atoms with Gasteiger partial charge in [-0.05, 0) is 104 Å². The van der Waals surface area contributed by atoms with E-state index in [1.807, 2.05) is 6.92 Å². The lowest BCUT2D eigenvalue weighted by atomic mass is 9.33. The predicted molar refractivity (Wildman–Crippen MR) is 332 cm³/mol. The minimum Gasteiger partial charge on any atom is -0.432 e. The van der Waals surface area contributed by atoms with E-state index in [0.717, 1.165) is 5.57 Å². The number of carbonyl (C=O) groups is 1. The molecule has 7 saturated heterocycles. The lowest BCUT2D eigenvalue weighted by Crippen LogP contribution is -2.70. The van der Waals surface area contributed by atoms with Crippen molar-refractivity contribution in [3.8, 4) is 0 Å². The topological polar surface area (TPSA) is 531 Å². The molecule has 3 unspecified atom stereocenters. The van der Waals surface area contributed by atoms with Crippen LogP contribution in [0.5, 0.6) is 0 Å². The molecule has 0 radical (unpaired) electrons. The predicted octanol–water partition coefficient (Wildman–Crippen LogP) is -6.39. The lowest BCUT2D eigenvalue weighted by Gasteiger charge is -2.72. The molecule has 5 aliphatic carbocycles. The van der Waals surface area contributed by atoms with Crippen LogP contribution in [0, 0.1) is 50.2 Å². The van der Waals surface area contributed by atoms with Gasteiger partial charge in [0.25, 0.3) is 0 Å². The zero-order valence-corrected chi connectivity index (χ0v) is 57.8. The van der Waals surface area contributed by atoms with Gasteiger partial charge in [-0.15, -0.1) is 0 Å². The number of carbonyl (C=O) groups excluding carboxylic acids is 1. The highest BCUT2D eigenvalue weighted by Crippen LogP contribution is 2.76. The van der Waals surface area contributed by atoms with Crippen LogP contribution < -0.4 is 0 Å². The van der Waals surface area contributed by atoms with E-state index < -0.39 is 282 Å².